The highest BCUT2D eigenvalue weighted by atomic mass is 19.4. The average molecular weight is 324 g/mol. The Morgan fingerprint density at radius 3 is 2.65 bits per heavy atom. The summed E-state index contributed by atoms with van der Waals surface area (Å²) in [5.41, 5.74) is 5.61. The Hall–Kier alpha value is -2.38. The van der Waals surface area contributed by atoms with Crippen LogP contribution in [0.5, 0.6) is 0 Å². The minimum Gasteiger partial charge on any atom is -0.368 e. The molecule has 1 aliphatic heterocycles. The summed E-state index contributed by atoms with van der Waals surface area (Å²) < 4.78 is 39.3. The standard InChI is InChI=1S/C15H15F3N4O/c16-15(17,18)14-20-10-6-2-1-5-9(10)13(21-14)22-8-4-3-7-11(22)12(19)23/h1-2,5-6,11H,3-4,7-8H2,(H2,19,23). The van der Waals surface area contributed by atoms with Gasteiger partial charge in [0.2, 0.25) is 11.7 Å². The van der Waals surface area contributed by atoms with Crippen LogP contribution in [0.25, 0.3) is 10.9 Å². The second kappa shape index (κ2) is 5.68. The number of halogens is 3. The number of aromatic nitrogens is 2. The van der Waals surface area contributed by atoms with Gasteiger partial charge in [0, 0.05) is 11.9 Å². The van der Waals surface area contributed by atoms with Crippen LogP contribution in [0.15, 0.2) is 24.3 Å². The number of hydrogen-bond donors (Lipinski definition) is 1. The average Bonchev–Trinajstić information content (AvgIpc) is 2.53. The number of piperidine rings is 1. The van der Waals surface area contributed by atoms with E-state index < -0.39 is 23.9 Å². The van der Waals surface area contributed by atoms with E-state index in [1.54, 1.807) is 23.1 Å². The van der Waals surface area contributed by atoms with Gasteiger partial charge in [0.05, 0.1) is 5.52 Å². The van der Waals surface area contributed by atoms with Gasteiger partial charge in [-0.05, 0) is 31.4 Å². The first-order chi connectivity index (χ1) is 10.9. The van der Waals surface area contributed by atoms with Crippen LogP contribution in [-0.2, 0) is 11.0 Å². The van der Waals surface area contributed by atoms with Crippen LogP contribution in [0.3, 0.4) is 0 Å². The molecule has 0 aliphatic carbocycles. The molecule has 1 atom stereocenters. The monoisotopic (exact) mass is 324 g/mol. The zero-order chi connectivity index (χ0) is 16.6. The Balaban J connectivity index is 2.20. The predicted molar refractivity (Wildman–Crippen MR) is 78.7 cm³/mol. The van der Waals surface area contributed by atoms with Gasteiger partial charge >= 0.3 is 6.18 Å². The van der Waals surface area contributed by atoms with Crippen molar-refractivity contribution in [2.45, 2.75) is 31.5 Å². The highest BCUT2D eigenvalue weighted by Crippen LogP contribution is 2.34. The van der Waals surface area contributed by atoms with Crippen LogP contribution in [0.4, 0.5) is 19.0 Å². The topological polar surface area (TPSA) is 72.1 Å². The Kier molecular flexibility index (Phi) is 3.83. The van der Waals surface area contributed by atoms with Gasteiger partial charge in [0.15, 0.2) is 0 Å². The van der Waals surface area contributed by atoms with Crippen molar-refractivity contribution in [3.8, 4) is 0 Å². The summed E-state index contributed by atoms with van der Waals surface area (Å²) in [5.74, 6) is -1.65. The quantitative estimate of drug-likeness (QED) is 0.921. The molecule has 0 bridgehead atoms. The summed E-state index contributed by atoms with van der Waals surface area (Å²) in [6.45, 7) is 0.436. The zero-order valence-corrected chi connectivity index (χ0v) is 12.2. The van der Waals surface area contributed by atoms with Crippen LogP contribution in [0, 0.1) is 0 Å². The number of hydrogen-bond acceptors (Lipinski definition) is 4. The summed E-state index contributed by atoms with van der Waals surface area (Å²) in [6, 6.07) is 5.81. The Bertz CT molecular complexity index is 747. The first kappa shape index (κ1) is 15.5. The molecular formula is C15H15F3N4O. The first-order valence-electron chi connectivity index (χ1n) is 7.28. The molecule has 1 aliphatic rings. The molecule has 23 heavy (non-hydrogen) atoms. The number of primary amides is 1. The predicted octanol–water partition coefficient (Wildman–Crippen LogP) is 2.49. The number of anilines is 1. The number of nitrogens with two attached hydrogens (primary N) is 1. The maximum absolute atomic E-state index is 13.1. The summed E-state index contributed by atoms with van der Waals surface area (Å²) in [7, 11) is 0. The molecule has 2 heterocycles. The van der Waals surface area contributed by atoms with Crippen LogP contribution in [0.2, 0.25) is 0 Å². The largest absolute Gasteiger partial charge is 0.451 e. The fourth-order valence-corrected chi connectivity index (χ4v) is 2.89. The van der Waals surface area contributed by atoms with Gasteiger partial charge in [-0.25, -0.2) is 9.97 Å². The molecule has 1 amide bonds. The Morgan fingerprint density at radius 2 is 1.96 bits per heavy atom. The van der Waals surface area contributed by atoms with E-state index in [0.29, 0.717) is 18.4 Å². The maximum atomic E-state index is 13.1. The van der Waals surface area contributed by atoms with E-state index in [4.69, 9.17) is 5.73 Å². The lowest BCUT2D eigenvalue weighted by atomic mass is 10.0. The van der Waals surface area contributed by atoms with Gasteiger partial charge in [-0.15, -0.1) is 0 Å². The maximum Gasteiger partial charge on any atom is 0.451 e. The smallest absolute Gasteiger partial charge is 0.368 e. The van der Waals surface area contributed by atoms with E-state index in [1.165, 1.54) is 6.07 Å². The zero-order valence-electron chi connectivity index (χ0n) is 12.2. The molecule has 3 rings (SSSR count). The molecule has 1 aromatic heterocycles. The molecule has 122 valence electrons. The third-order valence-corrected chi connectivity index (χ3v) is 3.94. The highest BCUT2D eigenvalue weighted by molar-refractivity contribution is 5.92. The molecule has 8 heteroatoms. The number of alkyl halides is 3. The van der Waals surface area contributed by atoms with Crippen molar-refractivity contribution in [1.82, 2.24) is 9.97 Å². The van der Waals surface area contributed by atoms with E-state index >= 15 is 0 Å². The number of para-hydroxylation sites is 1. The van der Waals surface area contributed by atoms with Gasteiger partial charge in [-0.3, -0.25) is 4.79 Å². The van der Waals surface area contributed by atoms with Crippen molar-refractivity contribution in [2.75, 3.05) is 11.4 Å². The van der Waals surface area contributed by atoms with Crippen molar-refractivity contribution in [3.05, 3.63) is 30.1 Å². The third-order valence-electron chi connectivity index (χ3n) is 3.94. The van der Waals surface area contributed by atoms with E-state index in [9.17, 15) is 18.0 Å². The summed E-state index contributed by atoms with van der Waals surface area (Å²) in [6.07, 6.45) is -2.57. The molecule has 2 aromatic rings. The minimum absolute atomic E-state index is 0.117. The molecular weight excluding hydrogens is 309 g/mol. The number of carbonyl (C=O) groups is 1. The van der Waals surface area contributed by atoms with Crippen molar-refractivity contribution in [1.29, 1.82) is 0 Å². The number of carbonyl (C=O) groups excluding carboxylic acids is 1. The van der Waals surface area contributed by atoms with Gasteiger partial charge < -0.3 is 10.6 Å². The van der Waals surface area contributed by atoms with Gasteiger partial charge in [0.1, 0.15) is 11.9 Å². The number of amides is 1. The van der Waals surface area contributed by atoms with E-state index in [2.05, 4.69) is 9.97 Å². The molecule has 5 nitrogen and oxygen atoms in total. The van der Waals surface area contributed by atoms with Gasteiger partial charge in [-0.2, -0.15) is 13.2 Å². The summed E-state index contributed by atoms with van der Waals surface area (Å²) >= 11 is 0. The van der Waals surface area contributed by atoms with Crippen LogP contribution in [-0.4, -0.2) is 28.5 Å². The minimum atomic E-state index is -4.66. The van der Waals surface area contributed by atoms with Gasteiger partial charge in [0.25, 0.3) is 0 Å². The van der Waals surface area contributed by atoms with Crippen molar-refractivity contribution in [3.63, 3.8) is 0 Å². The lowest BCUT2D eigenvalue weighted by molar-refractivity contribution is -0.144. The second-order valence-corrected chi connectivity index (χ2v) is 5.49. The van der Waals surface area contributed by atoms with Crippen molar-refractivity contribution < 1.29 is 18.0 Å². The van der Waals surface area contributed by atoms with Crippen molar-refractivity contribution >= 4 is 22.6 Å². The van der Waals surface area contributed by atoms with E-state index in [0.717, 1.165) is 12.8 Å². The van der Waals surface area contributed by atoms with E-state index in [-0.39, 0.29) is 11.3 Å². The lowest BCUT2D eigenvalue weighted by Crippen LogP contribution is -2.48. The summed E-state index contributed by atoms with van der Waals surface area (Å²) in [4.78, 5) is 20.5. The molecule has 2 N–H and O–H groups in total. The summed E-state index contributed by atoms with van der Waals surface area (Å²) in [5, 5.41) is 0.480. The Labute approximate surface area is 130 Å². The molecule has 1 unspecified atom stereocenters. The number of fused-ring (bicyclic) bond motifs is 1. The number of benzene rings is 1. The van der Waals surface area contributed by atoms with Crippen LogP contribution < -0.4 is 10.6 Å². The molecule has 1 fully saturated rings. The number of nitrogens with zero attached hydrogens (tertiary/aromatic N) is 3. The Morgan fingerprint density at radius 1 is 1.22 bits per heavy atom. The highest BCUT2D eigenvalue weighted by Gasteiger charge is 2.37. The number of rotatable bonds is 2. The SMILES string of the molecule is NC(=O)C1CCCCN1c1nc(C(F)(F)F)nc2ccccc12. The molecule has 0 spiro atoms. The van der Waals surface area contributed by atoms with Crippen LogP contribution >= 0.6 is 0 Å². The fraction of sp³-hybridized carbons (Fsp3) is 0.400. The molecule has 0 saturated carbocycles. The molecule has 0 radical (unpaired) electrons. The second-order valence-electron chi connectivity index (χ2n) is 5.49. The lowest BCUT2D eigenvalue weighted by Gasteiger charge is -2.35. The normalized spacial score (nSPS) is 19.1. The van der Waals surface area contributed by atoms with Crippen molar-refractivity contribution in [2.24, 2.45) is 5.73 Å². The van der Waals surface area contributed by atoms with Gasteiger partial charge in [-0.1, -0.05) is 12.1 Å². The van der Waals surface area contributed by atoms with E-state index in [1.807, 2.05) is 0 Å². The fourth-order valence-electron chi connectivity index (χ4n) is 2.89. The molecule has 1 saturated heterocycles. The molecule has 1 aromatic carbocycles. The van der Waals surface area contributed by atoms with Crippen LogP contribution in [0.1, 0.15) is 25.1 Å². The first-order valence-corrected chi connectivity index (χ1v) is 7.28. The third kappa shape index (κ3) is 2.93.